The molecule has 2 aliphatic rings. The zero-order chi connectivity index (χ0) is 21.2. The Kier molecular flexibility index (Phi) is 6.65. The van der Waals surface area contributed by atoms with Crippen LogP contribution in [0.2, 0.25) is 0 Å². The average molecular weight is 421 g/mol. The van der Waals surface area contributed by atoms with Gasteiger partial charge in [-0.15, -0.1) is 0 Å². The van der Waals surface area contributed by atoms with Crippen molar-refractivity contribution in [2.75, 3.05) is 12.8 Å². The smallest absolute Gasteiger partial charge is 0.209 e. The maximum Gasteiger partial charge on any atom is 0.209 e. The Bertz CT molecular complexity index is 877. The second-order valence-corrected chi connectivity index (χ2v) is 9.90. The van der Waals surface area contributed by atoms with E-state index in [1.165, 1.54) is 28.3 Å². The largest absolute Gasteiger partial charge is 0.388 e. The number of aliphatic hydroxyl groups is 2. The monoisotopic (exact) mass is 420 g/mol. The Morgan fingerprint density at radius 2 is 1.72 bits per heavy atom. The average Bonchev–Trinajstić information content (AvgIpc) is 3.07. The van der Waals surface area contributed by atoms with E-state index < -0.39 is 27.8 Å². The molecule has 0 saturated carbocycles. The van der Waals surface area contributed by atoms with Crippen molar-refractivity contribution in [1.29, 1.82) is 0 Å². The minimum atomic E-state index is -3.54. The van der Waals surface area contributed by atoms with E-state index in [2.05, 4.69) is 36.0 Å². The van der Waals surface area contributed by atoms with Crippen LogP contribution in [0.5, 0.6) is 0 Å². The van der Waals surface area contributed by atoms with E-state index in [0.29, 0.717) is 0 Å². The number of benzene rings is 1. The van der Waals surface area contributed by atoms with Crippen molar-refractivity contribution in [2.45, 2.75) is 63.3 Å². The fourth-order valence-corrected chi connectivity index (χ4v) is 5.07. The minimum Gasteiger partial charge on any atom is -0.388 e. The number of aliphatic hydroxyl groups excluding tert-OH is 1. The van der Waals surface area contributed by atoms with Crippen LogP contribution in [0.25, 0.3) is 0 Å². The topological polar surface area (TPSA) is 98.7 Å². The van der Waals surface area contributed by atoms with Crippen molar-refractivity contribution in [2.24, 2.45) is 0 Å². The first-order valence-corrected chi connectivity index (χ1v) is 12.2. The number of aryl methyl sites for hydroxylation is 2. The third-order valence-corrected chi connectivity index (χ3v) is 6.65. The van der Waals surface area contributed by atoms with Crippen LogP contribution in [0.3, 0.4) is 0 Å². The maximum atomic E-state index is 11.6. The van der Waals surface area contributed by atoms with Gasteiger partial charge < -0.3 is 15.5 Å². The summed E-state index contributed by atoms with van der Waals surface area (Å²) in [7, 11) is -3.54. The summed E-state index contributed by atoms with van der Waals surface area (Å²) in [5.41, 5.74) is 3.79. The Balaban J connectivity index is 1.65. The molecule has 0 aromatic heterocycles. The van der Waals surface area contributed by atoms with Crippen LogP contribution in [-0.4, -0.2) is 55.2 Å². The van der Waals surface area contributed by atoms with Crippen molar-refractivity contribution >= 4 is 10.0 Å². The quantitative estimate of drug-likeness (QED) is 0.503. The van der Waals surface area contributed by atoms with Crippen LogP contribution in [-0.2, 0) is 35.7 Å². The van der Waals surface area contributed by atoms with Crippen LogP contribution >= 0.6 is 0 Å². The molecule has 0 heterocycles. The van der Waals surface area contributed by atoms with E-state index in [9.17, 15) is 18.6 Å². The zero-order valence-corrected chi connectivity index (χ0v) is 18.2. The van der Waals surface area contributed by atoms with Gasteiger partial charge in [0.25, 0.3) is 0 Å². The lowest BCUT2D eigenvalue weighted by molar-refractivity contribution is -0.0500. The van der Waals surface area contributed by atoms with Crippen molar-refractivity contribution in [3.63, 3.8) is 0 Å². The molecule has 3 unspecified atom stereocenters. The Labute approximate surface area is 173 Å². The molecule has 1 aromatic carbocycles. The van der Waals surface area contributed by atoms with Gasteiger partial charge in [-0.2, -0.15) is 0 Å². The fourth-order valence-electron chi connectivity index (χ4n) is 4.34. The van der Waals surface area contributed by atoms with Crippen LogP contribution < -0.4 is 10.0 Å². The van der Waals surface area contributed by atoms with Gasteiger partial charge in [0, 0.05) is 12.6 Å². The first-order valence-electron chi connectivity index (χ1n) is 10.3. The highest BCUT2D eigenvalue weighted by atomic mass is 32.2. The van der Waals surface area contributed by atoms with E-state index in [1.54, 1.807) is 18.2 Å². The van der Waals surface area contributed by atoms with Crippen LogP contribution in [0.1, 0.15) is 36.1 Å². The molecular formula is C22H32N2O4S. The lowest BCUT2D eigenvalue weighted by Crippen LogP contribution is -2.60. The number of hydrogen-bond donors (Lipinski definition) is 4. The second-order valence-electron chi connectivity index (χ2n) is 8.12. The van der Waals surface area contributed by atoms with Crippen molar-refractivity contribution in [3.05, 3.63) is 58.7 Å². The maximum absolute atomic E-state index is 11.6. The molecule has 0 spiro atoms. The summed E-state index contributed by atoms with van der Waals surface area (Å²) in [5, 5.41) is 25.1. The molecule has 4 N–H and O–H groups in total. The Morgan fingerprint density at radius 1 is 1.14 bits per heavy atom. The Morgan fingerprint density at radius 3 is 2.24 bits per heavy atom. The molecule has 0 bridgehead atoms. The highest BCUT2D eigenvalue weighted by Gasteiger charge is 2.42. The molecule has 3 rings (SSSR count). The number of fused-ring (bicyclic) bond motifs is 1. The SMILES string of the molecule is CCc1cc2c(cc1CC)CC(NCC(O)C1(O)C=CC=CC1NS(C)(=O)=O)C2. The lowest BCUT2D eigenvalue weighted by atomic mass is 9.85. The summed E-state index contributed by atoms with van der Waals surface area (Å²) < 4.78 is 25.7. The molecule has 3 atom stereocenters. The van der Waals surface area contributed by atoms with E-state index in [1.807, 2.05) is 0 Å². The summed E-state index contributed by atoms with van der Waals surface area (Å²) in [4.78, 5) is 0. The second kappa shape index (κ2) is 8.70. The number of sulfonamides is 1. The number of rotatable bonds is 8. The zero-order valence-electron chi connectivity index (χ0n) is 17.4. The van der Waals surface area contributed by atoms with Gasteiger partial charge in [-0.25, -0.2) is 13.1 Å². The normalized spacial score (nSPS) is 25.3. The van der Waals surface area contributed by atoms with E-state index in [0.717, 1.165) is 31.9 Å². The van der Waals surface area contributed by atoms with Gasteiger partial charge in [0.05, 0.1) is 12.3 Å². The number of nitrogens with one attached hydrogen (secondary N) is 2. The molecular weight excluding hydrogens is 388 g/mol. The Hall–Kier alpha value is -1.51. The highest BCUT2D eigenvalue weighted by molar-refractivity contribution is 7.88. The minimum absolute atomic E-state index is 0.163. The number of hydrogen-bond acceptors (Lipinski definition) is 5. The molecule has 0 aliphatic heterocycles. The van der Waals surface area contributed by atoms with Gasteiger partial charge in [0.15, 0.2) is 0 Å². The molecule has 0 fully saturated rings. The molecule has 1 aromatic rings. The highest BCUT2D eigenvalue weighted by Crippen LogP contribution is 2.28. The van der Waals surface area contributed by atoms with E-state index >= 15 is 0 Å². The standard InChI is InChI=1S/C22H32N2O4S/c1-4-15-10-17-12-19(13-18(17)11-16(15)5-2)23-14-21(25)22(26)9-7-6-8-20(22)24-29(3,27)28/h6-11,19-21,23-26H,4-5,12-14H2,1-3H3. The van der Waals surface area contributed by atoms with E-state index in [4.69, 9.17) is 0 Å². The molecule has 160 valence electrons. The van der Waals surface area contributed by atoms with Crippen molar-refractivity contribution < 1.29 is 18.6 Å². The van der Waals surface area contributed by atoms with Crippen LogP contribution in [0, 0.1) is 0 Å². The summed E-state index contributed by atoms with van der Waals surface area (Å²) >= 11 is 0. The molecule has 2 aliphatic carbocycles. The summed E-state index contributed by atoms with van der Waals surface area (Å²) in [6.07, 6.45) is 9.97. The summed E-state index contributed by atoms with van der Waals surface area (Å²) in [5.74, 6) is 0. The van der Waals surface area contributed by atoms with Gasteiger partial charge in [-0.1, -0.05) is 44.2 Å². The predicted octanol–water partition coefficient (Wildman–Crippen LogP) is 1.00. The van der Waals surface area contributed by atoms with Crippen molar-refractivity contribution in [1.82, 2.24) is 10.0 Å². The fraction of sp³-hybridized carbons (Fsp3) is 0.545. The van der Waals surface area contributed by atoms with E-state index in [-0.39, 0.29) is 12.6 Å². The third-order valence-electron chi connectivity index (χ3n) is 5.97. The van der Waals surface area contributed by atoms with Gasteiger partial charge in [0.1, 0.15) is 11.7 Å². The molecule has 0 radical (unpaired) electrons. The van der Waals surface area contributed by atoms with Crippen molar-refractivity contribution in [3.8, 4) is 0 Å². The van der Waals surface area contributed by atoms with Crippen LogP contribution in [0.15, 0.2) is 36.4 Å². The van der Waals surface area contributed by atoms with Gasteiger partial charge in [-0.3, -0.25) is 0 Å². The predicted molar refractivity (Wildman–Crippen MR) is 115 cm³/mol. The summed E-state index contributed by atoms with van der Waals surface area (Å²) in [6, 6.07) is 3.88. The van der Waals surface area contributed by atoms with Gasteiger partial charge in [-0.05, 0) is 54.0 Å². The molecule has 0 amide bonds. The first kappa shape index (κ1) is 22.2. The first-order chi connectivity index (χ1) is 13.7. The molecule has 29 heavy (non-hydrogen) atoms. The van der Waals surface area contributed by atoms with Crippen LogP contribution in [0.4, 0.5) is 0 Å². The number of allylic oxidation sites excluding steroid dienone is 2. The molecule has 0 saturated heterocycles. The molecule has 7 heteroatoms. The molecule has 6 nitrogen and oxygen atoms in total. The third kappa shape index (κ3) is 4.98. The van der Waals surface area contributed by atoms with Gasteiger partial charge >= 0.3 is 0 Å². The lowest BCUT2D eigenvalue weighted by Gasteiger charge is -2.38. The van der Waals surface area contributed by atoms with Gasteiger partial charge in [0.2, 0.25) is 10.0 Å². The summed E-state index contributed by atoms with van der Waals surface area (Å²) in [6.45, 7) is 4.52.